The molecule has 0 radical (unpaired) electrons. The standard InChI is InChI=1S/C14H19FN2O.C2H6/c1-17-8-6-11(7-9-17)13(14(16)18)10-2-4-12(15)5-3-10;1-2/h2-5,11,13H,6-9H2,1H3,(H2,16,18);1-2H3. The average molecular weight is 280 g/mol. The van der Waals surface area contributed by atoms with Gasteiger partial charge < -0.3 is 10.6 Å². The molecule has 0 bridgehead atoms. The number of hydrogen-bond donors (Lipinski definition) is 1. The van der Waals surface area contributed by atoms with Crippen molar-refractivity contribution in [2.45, 2.75) is 32.6 Å². The maximum atomic E-state index is 12.9. The fraction of sp³-hybridized carbons (Fsp3) is 0.562. The summed E-state index contributed by atoms with van der Waals surface area (Å²) in [6.07, 6.45) is 1.92. The number of benzene rings is 1. The Morgan fingerprint density at radius 3 is 2.20 bits per heavy atom. The van der Waals surface area contributed by atoms with Crippen LogP contribution in [0.1, 0.15) is 38.2 Å². The van der Waals surface area contributed by atoms with E-state index < -0.39 is 0 Å². The third kappa shape index (κ3) is 4.30. The first-order valence-electron chi connectivity index (χ1n) is 7.31. The van der Waals surface area contributed by atoms with Crippen molar-refractivity contribution in [1.82, 2.24) is 4.90 Å². The van der Waals surface area contributed by atoms with Crippen molar-refractivity contribution in [1.29, 1.82) is 0 Å². The number of piperidine rings is 1. The number of hydrogen-bond acceptors (Lipinski definition) is 2. The van der Waals surface area contributed by atoms with Crippen LogP contribution < -0.4 is 5.73 Å². The van der Waals surface area contributed by atoms with Gasteiger partial charge in [0.25, 0.3) is 0 Å². The van der Waals surface area contributed by atoms with Crippen molar-refractivity contribution in [2.24, 2.45) is 11.7 Å². The third-order valence-corrected chi connectivity index (χ3v) is 3.77. The molecule has 1 heterocycles. The Balaban J connectivity index is 0.000000956. The Hall–Kier alpha value is -1.42. The van der Waals surface area contributed by atoms with E-state index in [1.54, 1.807) is 12.1 Å². The van der Waals surface area contributed by atoms with Gasteiger partial charge in [0.1, 0.15) is 5.82 Å². The van der Waals surface area contributed by atoms with Crippen LogP contribution in [0, 0.1) is 11.7 Å². The van der Waals surface area contributed by atoms with Crippen LogP contribution in [0.2, 0.25) is 0 Å². The second-order valence-electron chi connectivity index (χ2n) is 5.07. The van der Waals surface area contributed by atoms with Gasteiger partial charge in [-0.2, -0.15) is 0 Å². The monoisotopic (exact) mass is 280 g/mol. The zero-order valence-corrected chi connectivity index (χ0v) is 12.6. The third-order valence-electron chi connectivity index (χ3n) is 3.77. The molecule has 1 aliphatic heterocycles. The largest absolute Gasteiger partial charge is 0.369 e. The van der Waals surface area contributed by atoms with Gasteiger partial charge in [0, 0.05) is 0 Å². The highest BCUT2D eigenvalue weighted by atomic mass is 19.1. The zero-order valence-electron chi connectivity index (χ0n) is 12.6. The Kier molecular flexibility index (Phi) is 6.65. The first kappa shape index (κ1) is 16.6. The number of halogens is 1. The number of carbonyl (C=O) groups excluding carboxylic acids is 1. The Morgan fingerprint density at radius 1 is 1.25 bits per heavy atom. The smallest absolute Gasteiger partial charge is 0.225 e. The molecule has 1 aromatic carbocycles. The van der Waals surface area contributed by atoms with E-state index in [0.29, 0.717) is 0 Å². The molecule has 2 rings (SSSR count). The van der Waals surface area contributed by atoms with E-state index in [4.69, 9.17) is 5.73 Å². The molecule has 3 nitrogen and oxygen atoms in total. The summed E-state index contributed by atoms with van der Waals surface area (Å²) in [5, 5.41) is 0. The Labute approximate surface area is 121 Å². The molecule has 1 amide bonds. The van der Waals surface area contributed by atoms with Gasteiger partial charge in [0.15, 0.2) is 0 Å². The molecular weight excluding hydrogens is 255 g/mol. The molecule has 4 heteroatoms. The second kappa shape index (κ2) is 8.00. The zero-order chi connectivity index (χ0) is 15.1. The molecule has 1 aliphatic rings. The van der Waals surface area contributed by atoms with E-state index in [0.717, 1.165) is 31.5 Å². The first-order chi connectivity index (χ1) is 9.58. The van der Waals surface area contributed by atoms with Gasteiger partial charge in [-0.15, -0.1) is 0 Å². The molecule has 1 aromatic rings. The van der Waals surface area contributed by atoms with Gasteiger partial charge in [-0.1, -0.05) is 26.0 Å². The van der Waals surface area contributed by atoms with Crippen LogP contribution in [-0.4, -0.2) is 30.9 Å². The molecule has 1 atom stereocenters. The quantitative estimate of drug-likeness (QED) is 0.925. The maximum absolute atomic E-state index is 12.9. The summed E-state index contributed by atoms with van der Waals surface area (Å²) in [7, 11) is 2.08. The van der Waals surface area contributed by atoms with E-state index in [1.807, 2.05) is 13.8 Å². The molecule has 2 N–H and O–H groups in total. The molecule has 0 aliphatic carbocycles. The summed E-state index contributed by atoms with van der Waals surface area (Å²) in [4.78, 5) is 13.9. The topological polar surface area (TPSA) is 46.3 Å². The van der Waals surface area contributed by atoms with Crippen LogP contribution >= 0.6 is 0 Å². The normalized spacial score (nSPS) is 18.0. The number of rotatable bonds is 3. The number of amides is 1. The van der Waals surface area contributed by atoms with Gasteiger partial charge >= 0.3 is 0 Å². The molecule has 1 unspecified atom stereocenters. The molecule has 20 heavy (non-hydrogen) atoms. The van der Waals surface area contributed by atoms with Gasteiger partial charge in [-0.3, -0.25) is 4.79 Å². The van der Waals surface area contributed by atoms with Crippen LogP contribution in [0.15, 0.2) is 24.3 Å². The summed E-state index contributed by atoms with van der Waals surface area (Å²) in [6.45, 7) is 5.96. The first-order valence-corrected chi connectivity index (χ1v) is 7.31. The number of likely N-dealkylation sites (tertiary alicyclic amines) is 1. The maximum Gasteiger partial charge on any atom is 0.225 e. The molecule has 112 valence electrons. The summed E-state index contributed by atoms with van der Waals surface area (Å²) < 4.78 is 12.9. The number of primary amides is 1. The number of carbonyl (C=O) groups is 1. The molecule has 1 saturated heterocycles. The number of nitrogens with two attached hydrogens (primary N) is 1. The van der Waals surface area contributed by atoms with Gasteiger partial charge in [0.2, 0.25) is 5.91 Å². The molecular formula is C16H25FN2O. The molecule has 0 saturated carbocycles. The van der Waals surface area contributed by atoms with E-state index in [9.17, 15) is 9.18 Å². The summed E-state index contributed by atoms with van der Waals surface area (Å²) in [6, 6.07) is 6.12. The Morgan fingerprint density at radius 2 is 1.75 bits per heavy atom. The molecule has 0 aromatic heterocycles. The van der Waals surface area contributed by atoms with Crippen molar-refractivity contribution in [2.75, 3.05) is 20.1 Å². The lowest BCUT2D eigenvalue weighted by atomic mass is 9.79. The summed E-state index contributed by atoms with van der Waals surface area (Å²) in [5.74, 6) is -0.620. The SMILES string of the molecule is CC.CN1CCC(C(C(N)=O)c2ccc(F)cc2)CC1. The molecule has 1 fully saturated rings. The van der Waals surface area contributed by atoms with Crippen molar-refractivity contribution >= 4 is 5.91 Å². The Bertz CT molecular complexity index is 411. The minimum absolute atomic E-state index is 0.268. The highest BCUT2D eigenvalue weighted by Crippen LogP contribution is 2.32. The van der Waals surface area contributed by atoms with Crippen LogP contribution in [0.5, 0.6) is 0 Å². The van der Waals surface area contributed by atoms with E-state index in [2.05, 4.69) is 11.9 Å². The van der Waals surface area contributed by atoms with Crippen molar-refractivity contribution in [3.05, 3.63) is 35.6 Å². The predicted molar refractivity (Wildman–Crippen MR) is 79.9 cm³/mol. The van der Waals surface area contributed by atoms with E-state index in [1.165, 1.54) is 12.1 Å². The minimum atomic E-state index is -0.309. The fourth-order valence-electron chi connectivity index (χ4n) is 2.70. The average Bonchev–Trinajstić information content (AvgIpc) is 2.45. The van der Waals surface area contributed by atoms with E-state index >= 15 is 0 Å². The summed E-state index contributed by atoms with van der Waals surface area (Å²) in [5.41, 5.74) is 6.36. The van der Waals surface area contributed by atoms with Crippen LogP contribution in [0.25, 0.3) is 0 Å². The summed E-state index contributed by atoms with van der Waals surface area (Å²) >= 11 is 0. The van der Waals surface area contributed by atoms with Crippen LogP contribution in [0.4, 0.5) is 4.39 Å². The minimum Gasteiger partial charge on any atom is -0.369 e. The lowest BCUT2D eigenvalue weighted by Crippen LogP contribution is -2.37. The predicted octanol–water partition coefficient (Wildman–Crippen LogP) is 2.76. The second-order valence-corrected chi connectivity index (χ2v) is 5.07. The van der Waals surface area contributed by atoms with E-state index in [-0.39, 0.29) is 23.6 Å². The lowest BCUT2D eigenvalue weighted by Gasteiger charge is -2.33. The van der Waals surface area contributed by atoms with Crippen molar-refractivity contribution in [3.63, 3.8) is 0 Å². The molecule has 0 spiro atoms. The van der Waals surface area contributed by atoms with Gasteiger partial charge in [-0.05, 0) is 56.6 Å². The highest BCUT2D eigenvalue weighted by Gasteiger charge is 2.30. The van der Waals surface area contributed by atoms with Crippen molar-refractivity contribution < 1.29 is 9.18 Å². The lowest BCUT2D eigenvalue weighted by molar-refractivity contribution is -0.121. The van der Waals surface area contributed by atoms with Crippen molar-refractivity contribution in [3.8, 4) is 0 Å². The number of nitrogens with zero attached hydrogens (tertiary/aromatic N) is 1. The van der Waals surface area contributed by atoms with Gasteiger partial charge in [0.05, 0.1) is 5.92 Å². The highest BCUT2D eigenvalue weighted by molar-refractivity contribution is 5.82. The van der Waals surface area contributed by atoms with Gasteiger partial charge in [-0.25, -0.2) is 4.39 Å². The van der Waals surface area contributed by atoms with Crippen LogP contribution in [0.3, 0.4) is 0 Å². The fourth-order valence-corrected chi connectivity index (χ4v) is 2.70. The van der Waals surface area contributed by atoms with Crippen LogP contribution in [-0.2, 0) is 4.79 Å².